The van der Waals surface area contributed by atoms with Gasteiger partial charge in [0.05, 0.1) is 11.9 Å². The number of carbonyl (C=O) groups is 2. The van der Waals surface area contributed by atoms with E-state index in [0.29, 0.717) is 27.7 Å². The van der Waals surface area contributed by atoms with Gasteiger partial charge in [-0.3, -0.25) is 13.9 Å². The van der Waals surface area contributed by atoms with Crippen LogP contribution in [-0.4, -0.2) is 49.5 Å². The third kappa shape index (κ3) is 8.11. The van der Waals surface area contributed by atoms with Crippen LogP contribution in [0.25, 0.3) is 0 Å². The van der Waals surface area contributed by atoms with Crippen LogP contribution in [0.3, 0.4) is 0 Å². The zero-order valence-corrected chi connectivity index (χ0v) is 24.2. The van der Waals surface area contributed by atoms with Crippen LogP contribution < -0.4 is 9.62 Å². The number of nitrogens with one attached hydrogen (secondary N) is 1. The van der Waals surface area contributed by atoms with Gasteiger partial charge in [0.2, 0.25) is 21.8 Å². The number of carbonyl (C=O) groups excluding carboxylic acids is 2. The number of anilines is 1. The summed E-state index contributed by atoms with van der Waals surface area (Å²) in [5, 5.41) is 3.72. The molecule has 0 heterocycles. The van der Waals surface area contributed by atoms with Gasteiger partial charge in [-0.15, -0.1) is 0 Å². The Balaban J connectivity index is 2.53. The lowest BCUT2D eigenvalue weighted by atomic mass is 10.1. The molecule has 1 unspecified atom stereocenters. The maximum atomic E-state index is 13.8. The number of benzene rings is 2. The molecule has 0 spiro atoms. The molecule has 0 aliphatic rings. The summed E-state index contributed by atoms with van der Waals surface area (Å²) in [4.78, 5) is 28.4. The fraction of sp³-hybridized carbons (Fsp3) is 0.462. The highest BCUT2D eigenvalue weighted by Crippen LogP contribution is 2.26. The van der Waals surface area contributed by atoms with Gasteiger partial charge in [-0.25, -0.2) is 8.42 Å². The zero-order chi connectivity index (χ0) is 27.4. The standard InChI is InChI=1S/C26H35Cl2N3O4S/c1-8-22(25(33)29-26(4,5)6)30(15-19-10-11-20(27)14-21(19)28)24(32)16-31(36(7,34)35)23-12-9-17(2)13-18(23)3/h9-14,22H,8,15-16H2,1-7H3,(H,29,33). The first-order chi connectivity index (χ1) is 16.5. The average molecular weight is 557 g/mol. The van der Waals surface area contributed by atoms with Crippen LogP contribution in [0, 0.1) is 13.8 Å². The second-order valence-corrected chi connectivity index (χ2v) is 12.7. The number of aryl methyl sites for hydroxylation is 2. The molecule has 36 heavy (non-hydrogen) atoms. The Labute approximate surface area is 224 Å². The van der Waals surface area contributed by atoms with Crippen LogP contribution >= 0.6 is 23.2 Å². The number of amides is 2. The van der Waals surface area contributed by atoms with Crippen molar-refractivity contribution in [2.75, 3.05) is 17.1 Å². The van der Waals surface area contributed by atoms with Crippen LogP contribution in [0.1, 0.15) is 50.8 Å². The van der Waals surface area contributed by atoms with E-state index in [0.717, 1.165) is 21.7 Å². The Morgan fingerprint density at radius 3 is 2.19 bits per heavy atom. The van der Waals surface area contributed by atoms with Crippen molar-refractivity contribution in [1.29, 1.82) is 0 Å². The molecule has 2 aromatic carbocycles. The largest absolute Gasteiger partial charge is 0.350 e. The van der Waals surface area contributed by atoms with Crippen LogP contribution in [-0.2, 0) is 26.2 Å². The molecular formula is C26H35Cl2N3O4S. The van der Waals surface area contributed by atoms with Crippen molar-refractivity contribution in [2.45, 2.75) is 66.1 Å². The minimum Gasteiger partial charge on any atom is -0.350 e. The van der Waals surface area contributed by atoms with E-state index in [9.17, 15) is 18.0 Å². The third-order valence-electron chi connectivity index (χ3n) is 5.54. The van der Waals surface area contributed by atoms with Crippen molar-refractivity contribution < 1.29 is 18.0 Å². The molecule has 0 aromatic heterocycles. The molecule has 0 radical (unpaired) electrons. The third-order valence-corrected chi connectivity index (χ3v) is 7.25. The molecule has 1 N–H and O–H groups in total. The van der Waals surface area contributed by atoms with Crippen molar-refractivity contribution in [3.05, 3.63) is 63.1 Å². The van der Waals surface area contributed by atoms with Crippen molar-refractivity contribution in [3.63, 3.8) is 0 Å². The molecule has 1 atom stereocenters. The number of nitrogens with zero attached hydrogens (tertiary/aromatic N) is 2. The van der Waals surface area contributed by atoms with E-state index in [4.69, 9.17) is 23.2 Å². The molecule has 7 nitrogen and oxygen atoms in total. The molecule has 0 fully saturated rings. The quantitative estimate of drug-likeness (QED) is 0.466. The van der Waals surface area contributed by atoms with Gasteiger partial charge in [0.25, 0.3) is 0 Å². The number of hydrogen-bond acceptors (Lipinski definition) is 4. The molecular weight excluding hydrogens is 521 g/mol. The summed E-state index contributed by atoms with van der Waals surface area (Å²) in [5.41, 5.74) is 2.18. The molecule has 10 heteroatoms. The first kappa shape index (κ1) is 29.9. The zero-order valence-electron chi connectivity index (χ0n) is 21.9. The number of sulfonamides is 1. The topological polar surface area (TPSA) is 86.8 Å². The summed E-state index contributed by atoms with van der Waals surface area (Å²) in [6, 6.07) is 9.40. The lowest BCUT2D eigenvalue weighted by molar-refractivity contribution is -0.141. The maximum Gasteiger partial charge on any atom is 0.244 e. The lowest BCUT2D eigenvalue weighted by Gasteiger charge is -2.35. The smallest absolute Gasteiger partial charge is 0.244 e. The predicted octanol–water partition coefficient (Wildman–Crippen LogP) is 5.10. The first-order valence-corrected chi connectivity index (χ1v) is 14.2. The van der Waals surface area contributed by atoms with E-state index in [1.807, 2.05) is 33.8 Å². The second kappa shape index (κ2) is 11.8. The summed E-state index contributed by atoms with van der Waals surface area (Å²) in [6.07, 6.45) is 1.38. The Bertz CT molecular complexity index is 1230. The highest BCUT2D eigenvalue weighted by molar-refractivity contribution is 7.92. The summed E-state index contributed by atoms with van der Waals surface area (Å²) in [7, 11) is -3.81. The van der Waals surface area contributed by atoms with Crippen LogP contribution in [0.2, 0.25) is 10.0 Å². The van der Waals surface area contributed by atoms with Gasteiger partial charge >= 0.3 is 0 Å². The minimum atomic E-state index is -3.81. The van der Waals surface area contributed by atoms with E-state index in [1.165, 1.54) is 4.90 Å². The van der Waals surface area contributed by atoms with Gasteiger partial charge in [0, 0.05) is 22.1 Å². The van der Waals surface area contributed by atoms with Gasteiger partial charge in [0.1, 0.15) is 12.6 Å². The van der Waals surface area contributed by atoms with Gasteiger partial charge in [-0.1, -0.05) is 53.9 Å². The molecule has 198 valence electrons. The first-order valence-electron chi connectivity index (χ1n) is 11.6. The van der Waals surface area contributed by atoms with E-state index < -0.39 is 34.1 Å². The summed E-state index contributed by atoms with van der Waals surface area (Å²) >= 11 is 12.4. The average Bonchev–Trinajstić information content (AvgIpc) is 2.71. The van der Waals surface area contributed by atoms with E-state index in [1.54, 1.807) is 44.2 Å². The second-order valence-electron chi connectivity index (χ2n) is 9.98. The maximum absolute atomic E-state index is 13.8. The summed E-state index contributed by atoms with van der Waals surface area (Å²) in [6.45, 7) is 10.6. The van der Waals surface area contributed by atoms with Crippen LogP contribution in [0.5, 0.6) is 0 Å². The van der Waals surface area contributed by atoms with Gasteiger partial charge in [0.15, 0.2) is 0 Å². The van der Waals surface area contributed by atoms with Crippen LogP contribution in [0.15, 0.2) is 36.4 Å². The molecule has 0 aliphatic heterocycles. The Morgan fingerprint density at radius 2 is 1.69 bits per heavy atom. The van der Waals surface area contributed by atoms with Crippen molar-refractivity contribution in [2.24, 2.45) is 0 Å². The van der Waals surface area contributed by atoms with Crippen molar-refractivity contribution >= 4 is 50.7 Å². The molecule has 0 aliphatic carbocycles. The molecule has 2 amide bonds. The lowest BCUT2D eigenvalue weighted by Crippen LogP contribution is -2.55. The van der Waals surface area contributed by atoms with E-state index >= 15 is 0 Å². The Morgan fingerprint density at radius 1 is 1.06 bits per heavy atom. The monoisotopic (exact) mass is 555 g/mol. The van der Waals surface area contributed by atoms with Crippen LogP contribution in [0.4, 0.5) is 5.69 Å². The molecule has 2 aromatic rings. The fourth-order valence-corrected chi connectivity index (χ4v) is 5.26. The minimum absolute atomic E-state index is 0.00931. The summed E-state index contributed by atoms with van der Waals surface area (Å²) < 4.78 is 26.6. The normalized spacial score (nSPS) is 12.7. The highest BCUT2D eigenvalue weighted by Gasteiger charge is 2.33. The number of hydrogen-bond donors (Lipinski definition) is 1. The van der Waals surface area contributed by atoms with E-state index in [-0.39, 0.29) is 12.5 Å². The number of rotatable bonds is 9. The number of halogens is 2. The highest BCUT2D eigenvalue weighted by atomic mass is 35.5. The van der Waals surface area contributed by atoms with E-state index in [2.05, 4.69) is 5.32 Å². The molecule has 0 saturated carbocycles. The fourth-order valence-electron chi connectivity index (χ4n) is 3.89. The van der Waals surface area contributed by atoms with Crippen molar-refractivity contribution in [3.8, 4) is 0 Å². The Kier molecular flexibility index (Phi) is 9.84. The summed E-state index contributed by atoms with van der Waals surface area (Å²) in [5.74, 6) is -0.858. The predicted molar refractivity (Wildman–Crippen MR) is 147 cm³/mol. The van der Waals surface area contributed by atoms with Gasteiger partial charge in [-0.05, 0) is 70.4 Å². The van der Waals surface area contributed by atoms with Gasteiger partial charge < -0.3 is 10.2 Å². The van der Waals surface area contributed by atoms with Gasteiger partial charge in [-0.2, -0.15) is 0 Å². The molecule has 0 saturated heterocycles. The Hall–Kier alpha value is -2.29. The molecule has 0 bridgehead atoms. The SMILES string of the molecule is CCC(C(=O)NC(C)(C)C)N(Cc1ccc(Cl)cc1Cl)C(=O)CN(c1ccc(C)cc1C)S(C)(=O)=O. The molecule has 2 rings (SSSR count). The van der Waals surface area contributed by atoms with Crippen molar-refractivity contribution in [1.82, 2.24) is 10.2 Å².